The molecule has 0 heterocycles. The summed E-state index contributed by atoms with van der Waals surface area (Å²) >= 11 is 3.40. The van der Waals surface area contributed by atoms with Gasteiger partial charge in [-0.25, -0.2) is 0 Å². The van der Waals surface area contributed by atoms with Crippen LogP contribution in [0.2, 0.25) is 0 Å². The molecule has 0 fully saturated rings. The summed E-state index contributed by atoms with van der Waals surface area (Å²) in [5.74, 6) is 0.668. The zero-order chi connectivity index (χ0) is 8.85. The van der Waals surface area contributed by atoms with E-state index in [1.54, 1.807) is 7.11 Å². The Balaban J connectivity index is 4.34. The van der Waals surface area contributed by atoms with Gasteiger partial charge in [0.25, 0.3) is 0 Å². The quantitative estimate of drug-likeness (QED) is 0.520. The smallest absolute Gasteiger partial charge is 0.112 e. The summed E-state index contributed by atoms with van der Waals surface area (Å²) < 4.78 is 5.96. The van der Waals surface area contributed by atoms with Gasteiger partial charge in [-0.2, -0.15) is 0 Å². The SMILES string of the molecule is C=C(/C=C(C)\C(Br)=C/C)OC. The molecule has 1 nitrogen and oxygen atoms in total. The highest BCUT2D eigenvalue weighted by molar-refractivity contribution is 9.12. The fourth-order valence-electron chi connectivity index (χ4n) is 0.597. The molecule has 0 atom stereocenters. The molecule has 0 saturated carbocycles. The van der Waals surface area contributed by atoms with Crippen molar-refractivity contribution in [2.45, 2.75) is 13.8 Å². The lowest BCUT2D eigenvalue weighted by atomic mass is 10.2. The van der Waals surface area contributed by atoms with Gasteiger partial charge in [0, 0.05) is 4.48 Å². The Kier molecular flexibility index (Phi) is 4.95. The molecule has 0 aliphatic rings. The Labute approximate surface area is 76.6 Å². The van der Waals surface area contributed by atoms with E-state index in [-0.39, 0.29) is 0 Å². The van der Waals surface area contributed by atoms with Crippen molar-refractivity contribution in [3.05, 3.63) is 34.5 Å². The van der Waals surface area contributed by atoms with Crippen molar-refractivity contribution in [2.24, 2.45) is 0 Å². The minimum Gasteiger partial charge on any atom is -0.497 e. The van der Waals surface area contributed by atoms with E-state index in [0.29, 0.717) is 5.76 Å². The van der Waals surface area contributed by atoms with Gasteiger partial charge in [0.15, 0.2) is 0 Å². The van der Waals surface area contributed by atoms with Crippen molar-refractivity contribution in [1.29, 1.82) is 0 Å². The first-order valence-electron chi connectivity index (χ1n) is 3.35. The third-order valence-corrected chi connectivity index (χ3v) is 2.35. The van der Waals surface area contributed by atoms with E-state index < -0.39 is 0 Å². The third-order valence-electron chi connectivity index (χ3n) is 1.27. The van der Waals surface area contributed by atoms with E-state index in [1.165, 1.54) is 0 Å². The summed E-state index contributed by atoms with van der Waals surface area (Å²) in [6.45, 7) is 7.65. The predicted molar refractivity (Wildman–Crippen MR) is 52.6 cm³/mol. The van der Waals surface area contributed by atoms with E-state index in [0.717, 1.165) is 10.1 Å². The maximum atomic E-state index is 4.90. The highest BCUT2D eigenvalue weighted by Gasteiger charge is 1.93. The molecule has 0 N–H and O–H groups in total. The van der Waals surface area contributed by atoms with Crippen molar-refractivity contribution in [3.8, 4) is 0 Å². The van der Waals surface area contributed by atoms with Gasteiger partial charge in [-0.15, -0.1) is 0 Å². The molecule has 0 saturated heterocycles. The molecule has 0 spiro atoms. The topological polar surface area (TPSA) is 9.23 Å². The average molecular weight is 217 g/mol. The van der Waals surface area contributed by atoms with Crippen molar-refractivity contribution < 1.29 is 4.74 Å². The normalized spacial score (nSPS) is 13.1. The van der Waals surface area contributed by atoms with Crippen LogP contribution in [-0.2, 0) is 4.74 Å². The first-order chi connectivity index (χ1) is 5.11. The van der Waals surface area contributed by atoms with E-state index in [1.807, 2.05) is 26.0 Å². The molecule has 2 heteroatoms. The number of ether oxygens (including phenoxy) is 1. The summed E-state index contributed by atoms with van der Waals surface area (Å²) in [5, 5.41) is 0. The highest BCUT2D eigenvalue weighted by Crippen LogP contribution is 2.17. The predicted octanol–water partition coefficient (Wildman–Crippen LogP) is 3.39. The Hall–Kier alpha value is -0.500. The van der Waals surface area contributed by atoms with E-state index in [2.05, 4.69) is 22.5 Å². The fourth-order valence-corrected chi connectivity index (χ4v) is 0.711. The fraction of sp³-hybridized carbons (Fsp3) is 0.333. The molecule has 0 radical (unpaired) electrons. The van der Waals surface area contributed by atoms with Crippen LogP contribution in [0.25, 0.3) is 0 Å². The number of halogens is 1. The minimum atomic E-state index is 0.668. The molecule has 62 valence electrons. The molecular weight excluding hydrogens is 204 g/mol. The third kappa shape index (κ3) is 4.04. The summed E-state index contributed by atoms with van der Waals surface area (Å²) in [6.07, 6.45) is 3.86. The van der Waals surface area contributed by atoms with Gasteiger partial charge in [0.1, 0.15) is 5.76 Å². The molecule has 0 amide bonds. The zero-order valence-electron chi connectivity index (χ0n) is 7.15. The van der Waals surface area contributed by atoms with Crippen molar-refractivity contribution in [2.75, 3.05) is 7.11 Å². The van der Waals surface area contributed by atoms with Gasteiger partial charge in [-0.05, 0) is 25.5 Å². The Bertz CT molecular complexity index is 202. The van der Waals surface area contributed by atoms with Crippen LogP contribution in [0.4, 0.5) is 0 Å². The molecule has 11 heavy (non-hydrogen) atoms. The lowest BCUT2D eigenvalue weighted by Gasteiger charge is -2.00. The standard InChI is InChI=1S/C9H13BrO/c1-5-9(10)7(2)6-8(3)11-4/h5-6H,3H2,1-2,4H3/b7-6-,9-5+. The molecule has 0 aliphatic carbocycles. The largest absolute Gasteiger partial charge is 0.497 e. The maximum Gasteiger partial charge on any atom is 0.112 e. The Morgan fingerprint density at radius 1 is 1.55 bits per heavy atom. The number of methoxy groups -OCH3 is 1. The first kappa shape index (κ1) is 10.5. The number of allylic oxidation sites excluding steroid dienone is 4. The molecule has 0 aromatic heterocycles. The van der Waals surface area contributed by atoms with Gasteiger partial charge in [0.05, 0.1) is 7.11 Å². The van der Waals surface area contributed by atoms with Gasteiger partial charge >= 0.3 is 0 Å². The molecule has 0 unspecified atom stereocenters. The number of hydrogen-bond donors (Lipinski definition) is 0. The van der Waals surface area contributed by atoms with Crippen LogP contribution in [0, 0.1) is 0 Å². The first-order valence-corrected chi connectivity index (χ1v) is 4.14. The van der Waals surface area contributed by atoms with Gasteiger partial charge in [-0.1, -0.05) is 28.6 Å². The van der Waals surface area contributed by atoms with Crippen molar-refractivity contribution >= 4 is 15.9 Å². The maximum absolute atomic E-state index is 4.90. The van der Waals surface area contributed by atoms with Crippen LogP contribution in [-0.4, -0.2) is 7.11 Å². The van der Waals surface area contributed by atoms with Crippen LogP contribution in [0.15, 0.2) is 34.5 Å². The number of rotatable bonds is 3. The summed E-state index contributed by atoms with van der Waals surface area (Å²) in [5.41, 5.74) is 1.11. The van der Waals surface area contributed by atoms with Crippen LogP contribution < -0.4 is 0 Å². The second-order valence-corrected chi connectivity index (χ2v) is 2.99. The highest BCUT2D eigenvalue weighted by atomic mass is 79.9. The number of hydrogen-bond acceptors (Lipinski definition) is 1. The summed E-state index contributed by atoms with van der Waals surface area (Å²) in [7, 11) is 1.61. The average Bonchev–Trinajstić information content (AvgIpc) is 2.02. The summed E-state index contributed by atoms with van der Waals surface area (Å²) in [4.78, 5) is 0. The van der Waals surface area contributed by atoms with E-state index in [9.17, 15) is 0 Å². The van der Waals surface area contributed by atoms with Crippen LogP contribution >= 0.6 is 15.9 Å². The molecular formula is C9H13BrO. The second-order valence-electron chi connectivity index (χ2n) is 2.13. The Morgan fingerprint density at radius 3 is 2.45 bits per heavy atom. The van der Waals surface area contributed by atoms with Crippen LogP contribution in [0.3, 0.4) is 0 Å². The van der Waals surface area contributed by atoms with E-state index in [4.69, 9.17) is 4.74 Å². The summed E-state index contributed by atoms with van der Waals surface area (Å²) in [6, 6.07) is 0. The Morgan fingerprint density at radius 2 is 2.09 bits per heavy atom. The van der Waals surface area contributed by atoms with Crippen LogP contribution in [0.1, 0.15) is 13.8 Å². The molecule has 0 aliphatic heterocycles. The molecule has 0 rings (SSSR count). The lowest BCUT2D eigenvalue weighted by molar-refractivity contribution is 0.308. The molecule has 0 bridgehead atoms. The lowest BCUT2D eigenvalue weighted by Crippen LogP contribution is -1.81. The second kappa shape index (κ2) is 5.19. The van der Waals surface area contributed by atoms with E-state index >= 15 is 0 Å². The monoisotopic (exact) mass is 216 g/mol. The zero-order valence-corrected chi connectivity index (χ0v) is 8.73. The van der Waals surface area contributed by atoms with Crippen molar-refractivity contribution in [1.82, 2.24) is 0 Å². The molecule has 0 aromatic carbocycles. The molecule has 0 aromatic rings. The van der Waals surface area contributed by atoms with Gasteiger partial charge in [0.2, 0.25) is 0 Å². The minimum absolute atomic E-state index is 0.668. The van der Waals surface area contributed by atoms with Gasteiger partial charge < -0.3 is 4.74 Å². The van der Waals surface area contributed by atoms with Crippen LogP contribution in [0.5, 0.6) is 0 Å². The van der Waals surface area contributed by atoms with Gasteiger partial charge in [-0.3, -0.25) is 0 Å². The van der Waals surface area contributed by atoms with Crippen molar-refractivity contribution in [3.63, 3.8) is 0 Å².